The third-order valence-corrected chi connectivity index (χ3v) is 4.45. The molecule has 0 aromatic carbocycles. The number of hydrogen-bond acceptors (Lipinski definition) is 3. The molecule has 0 bridgehead atoms. The van der Waals surface area contributed by atoms with Crippen molar-refractivity contribution in [2.45, 2.75) is 32.6 Å². The minimum absolute atomic E-state index is 0.0953. The Hall–Kier alpha value is -1.58. The van der Waals surface area contributed by atoms with Gasteiger partial charge in [0.1, 0.15) is 11.5 Å². The molecule has 3 heterocycles. The molecule has 20 heavy (non-hydrogen) atoms. The normalized spacial score (nSPS) is 20.4. The molecule has 0 aliphatic carbocycles. The number of likely N-dealkylation sites (tertiary alicyclic amines) is 1. The predicted molar refractivity (Wildman–Crippen MR) is 80.0 cm³/mol. The van der Waals surface area contributed by atoms with Crippen LogP contribution in [0, 0.1) is 5.92 Å². The van der Waals surface area contributed by atoms with Crippen molar-refractivity contribution in [1.29, 1.82) is 0 Å². The molecule has 2 fully saturated rings. The summed E-state index contributed by atoms with van der Waals surface area (Å²) < 4.78 is 0. The van der Waals surface area contributed by atoms with E-state index in [-0.39, 0.29) is 5.91 Å². The van der Waals surface area contributed by atoms with E-state index < -0.39 is 0 Å². The van der Waals surface area contributed by atoms with Crippen molar-refractivity contribution in [3.63, 3.8) is 0 Å². The number of aromatic nitrogens is 1. The van der Waals surface area contributed by atoms with E-state index in [4.69, 9.17) is 0 Å². The molecular weight excluding hydrogens is 250 g/mol. The third-order valence-electron chi connectivity index (χ3n) is 4.45. The number of rotatable bonds is 2. The van der Waals surface area contributed by atoms with Crippen molar-refractivity contribution < 1.29 is 4.79 Å². The number of carbonyl (C=O) groups is 1. The van der Waals surface area contributed by atoms with Crippen LogP contribution in [0.3, 0.4) is 0 Å². The highest BCUT2D eigenvalue weighted by Crippen LogP contribution is 2.20. The highest BCUT2D eigenvalue weighted by Gasteiger charge is 2.23. The van der Waals surface area contributed by atoms with Gasteiger partial charge in [0.25, 0.3) is 5.91 Å². The predicted octanol–water partition coefficient (Wildman–Crippen LogP) is 2.55. The van der Waals surface area contributed by atoms with Gasteiger partial charge in [0.15, 0.2) is 0 Å². The van der Waals surface area contributed by atoms with Gasteiger partial charge in [-0.1, -0.05) is 13.0 Å². The van der Waals surface area contributed by atoms with Crippen molar-refractivity contribution in [2.24, 2.45) is 5.92 Å². The number of piperidine rings is 1. The summed E-state index contributed by atoms with van der Waals surface area (Å²) >= 11 is 0. The van der Waals surface area contributed by atoms with Crippen LogP contribution in [0.1, 0.15) is 43.1 Å². The summed E-state index contributed by atoms with van der Waals surface area (Å²) in [5.41, 5.74) is 0.601. The molecule has 108 valence electrons. The van der Waals surface area contributed by atoms with Crippen molar-refractivity contribution in [3.8, 4) is 0 Å². The summed E-state index contributed by atoms with van der Waals surface area (Å²) in [4.78, 5) is 21.3. The zero-order valence-corrected chi connectivity index (χ0v) is 12.2. The van der Waals surface area contributed by atoms with E-state index in [2.05, 4.69) is 16.8 Å². The summed E-state index contributed by atoms with van der Waals surface area (Å²) in [6.07, 6.45) is 4.67. The number of nitrogens with zero attached hydrogens (tertiary/aromatic N) is 3. The smallest absolute Gasteiger partial charge is 0.272 e. The number of hydrogen-bond donors (Lipinski definition) is 0. The molecule has 2 aliphatic heterocycles. The number of carbonyl (C=O) groups excluding carboxylic acids is 1. The zero-order valence-electron chi connectivity index (χ0n) is 12.2. The molecule has 1 amide bonds. The third kappa shape index (κ3) is 2.79. The molecule has 4 heteroatoms. The first kappa shape index (κ1) is 13.4. The van der Waals surface area contributed by atoms with Gasteiger partial charge in [0, 0.05) is 26.2 Å². The van der Waals surface area contributed by atoms with Gasteiger partial charge < -0.3 is 9.80 Å². The fraction of sp³-hybridized carbons (Fsp3) is 0.625. The molecule has 0 unspecified atom stereocenters. The Balaban J connectivity index is 1.72. The molecule has 2 aliphatic rings. The monoisotopic (exact) mass is 273 g/mol. The van der Waals surface area contributed by atoms with E-state index in [1.165, 1.54) is 12.8 Å². The lowest BCUT2D eigenvalue weighted by Crippen LogP contribution is -2.38. The zero-order chi connectivity index (χ0) is 13.9. The van der Waals surface area contributed by atoms with E-state index in [1.54, 1.807) is 0 Å². The molecule has 1 aromatic heterocycles. The Morgan fingerprint density at radius 2 is 1.85 bits per heavy atom. The quantitative estimate of drug-likeness (QED) is 0.831. The average Bonchev–Trinajstić information content (AvgIpc) is 3.02. The van der Waals surface area contributed by atoms with Crippen molar-refractivity contribution in [1.82, 2.24) is 9.88 Å². The van der Waals surface area contributed by atoms with Crippen LogP contribution in [-0.2, 0) is 0 Å². The fourth-order valence-corrected chi connectivity index (χ4v) is 3.04. The van der Waals surface area contributed by atoms with Crippen LogP contribution in [0.15, 0.2) is 18.2 Å². The first-order valence-corrected chi connectivity index (χ1v) is 7.75. The van der Waals surface area contributed by atoms with Gasteiger partial charge in [-0.05, 0) is 43.7 Å². The first-order valence-electron chi connectivity index (χ1n) is 7.75. The topological polar surface area (TPSA) is 36.4 Å². The molecule has 0 N–H and O–H groups in total. The second-order valence-corrected chi connectivity index (χ2v) is 6.05. The SMILES string of the molecule is CC1CCN(C(=O)c2cccc(N3CCCC3)n2)CC1. The lowest BCUT2D eigenvalue weighted by atomic mass is 9.99. The summed E-state index contributed by atoms with van der Waals surface area (Å²) in [6, 6.07) is 5.82. The molecule has 3 rings (SSSR count). The van der Waals surface area contributed by atoms with Gasteiger partial charge >= 0.3 is 0 Å². The highest BCUT2D eigenvalue weighted by atomic mass is 16.2. The molecular formula is C16H23N3O. The number of anilines is 1. The number of amides is 1. The van der Waals surface area contributed by atoms with Crippen LogP contribution >= 0.6 is 0 Å². The van der Waals surface area contributed by atoms with E-state index in [1.807, 2.05) is 23.1 Å². The van der Waals surface area contributed by atoms with Crippen LogP contribution in [-0.4, -0.2) is 42.0 Å². The summed E-state index contributed by atoms with van der Waals surface area (Å²) in [7, 11) is 0. The fourth-order valence-electron chi connectivity index (χ4n) is 3.04. The lowest BCUT2D eigenvalue weighted by Gasteiger charge is -2.30. The Kier molecular flexibility index (Phi) is 3.90. The van der Waals surface area contributed by atoms with Gasteiger partial charge in [-0.25, -0.2) is 4.98 Å². The van der Waals surface area contributed by atoms with Crippen molar-refractivity contribution in [3.05, 3.63) is 23.9 Å². The summed E-state index contributed by atoms with van der Waals surface area (Å²) in [6.45, 7) is 6.12. The average molecular weight is 273 g/mol. The van der Waals surface area contributed by atoms with Gasteiger partial charge in [0.2, 0.25) is 0 Å². The van der Waals surface area contributed by atoms with Crippen LogP contribution in [0.25, 0.3) is 0 Å². The molecule has 4 nitrogen and oxygen atoms in total. The van der Waals surface area contributed by atoms with Crippen LogP contribution in [0.4, 0.5) is 5.82 Å². The Morgan fingerprint density at radius 3 is 2.55 bits per heavy atom. The molecule has 0 saturated carbocycles. The minimum Gasteiger partial charge on any atom is -0.357 e. The highest BCUT2D eigenvalue weighted by molar-refractivity contribution is 5.92. The minimum atomic E-state index is 0.0953. The van der Waals surface area contributed by atoms with Gasteiger partial charge in [-0.2, -0.15) is 0 Å². The second-order valence-electron chi connectivity index (χ2n) is 6.05. The van der Waals surface area contributed by atoms with Gasteiger partial charge in [-0.15, -0.1) is 0 Å². The van der Waals surface area contributed by atoms with Crippen LogP contribution < -0.4 is 4.90 Å². The molecule has 0 radical (unpaired) electrons. The van der Waals surface area contributed by atoms with Gasteiger partial charge in [-0.3, -0.25) is 4.79 Å². The van der Waals surface area contributed by atoms with Crippen LogP contribution in [0.5, 0.6) is 0 Å². The largest absolute Gasteiger partial charge is 0.357 e. The van der Waals surface area contributed by atoms with Crippen LogP contribution in [0.2, 0.25) is 0 Å². The standard InChI is InChI=1S/C16H23N3O/c1-13-7-11-19(12-8-13)16(20)14-5-4-6-15(17-14)18-9-2-3-10-18/h4-6,13H,2-3,7-12H2,1H3. The van der Waals surface area contributed by atoms with Gasteiger partial charge in [0.05, 0.1) is 0 Å². The molecule has 1 aromatic rings. The molecule has 2 saturated heterocycles. The van der Waals surface area contributed by atoms with E-state index in [0.29, 0.717) is 5.69 Å². The first-order chi connectivity index (χ1) is 9.74. The molecule has 0 atom stereocenters. The van der Waals surface area contributed by atoms with E-state index >= 15 is 0 Å². The van der Waals surface area contributed by atoms with E-state index in [0.717, 1.165) is 50.8 Å². The second kappa shape index (κ2) is 5.81. The maximum atomic E-state index is 12.5. The Bertz CT molecular complexity index is 474. The summed E-state index contributed by atoms with van der Waals surface area (Å²) in [5, 5.41) is 0. The van der Waals surface area contributed by atoms with Crippen molar-refractivity contribution in [2.75, 3.05) is 31.1 Å². The Morgan fingerprint density at radius 1 is 1.15 bits per heavy atom. The lowest BCUT2D eigenvalue weighted by molar-refractivity contribution is 0.0691. The maximum absolute atomic E-state index is 12.5. The Labute approximate surface area is 120 Å². The van der Waals surface area contributed by atoms with Crippen molar-refractivity contribution >= 4 is 11.7 Å². The number of pyridine rings is 1. The van der Waals surface area contributed by atoms with E-state index in [9.17, 15) is 4.79 Å². The summed E-state index contributed by atoms with van der Waals surface area (Å²) in [5.74, 6) is 1.79. The maximum Gasteiger partial charge on any atom is 0.272 e. The molecule has 0 spiro atoms.